The maximum absolute atomic E-state index is 10.7. The van der Waals surface area contributed by atoms with E-state index in [0.29, 0.717) is 10.7 Å². The van der Waals surface area contributed by atoms with Crippen LogP contribution in [-0.2, 0) is 0 Å². The van der Waals surface area contributed by atoms with Gasteiger partial charge in [0, 0.05) is 0 Å². The lowest BCUT2D eigenvalue weighted by Crippen LogP contribution is -2.02. The van der Waals surface area contributed by atoms with Crippen LogP contribution < -0.4 is 5.73 Å². The van der Waals surface area contributed by atoms with Crippen molar-refractivity contribution >= 4 is 23.4 Å². The van der Waals surface area contributed by atoms with Crippen molar-refractivity contribution in [3.05, 3.63) is 17.8 Å². The van der Waals surface area contributed by atoms with E-state index in [4.69, 9.17) is 10.8 Å². The lowest BCUT2D eigenvalue weighted by atomic mass is 10.3. The number of aromatic carboxylic acids is 1. The first-order chi connectivity index (χ1) is 6.15. The number of nitrogen functional groups attached to an aromatic ring is 1. The van der Waals surface area contributed by atoms with Crippen LogP contribution in [-0.4, -0.2) is 21.8 Å². The predicted octanol–water partition coefficient (Wildman–Crippen LogP) is 1.47. The number of carboxylic acids is 1. The normalized spacial score (nSPS) is 9.92. The van der Waals surface area contributed by atoms with Gasteiger partial charge in [-0.25, -0.2) is 9.78 Å². The molecule has 0 saturated heterocycles. The molecule has 1 rings (SSSR count). The monoisotopic (exact) mass is 198 g/mol. The Labute approximate surface area is 80.2 Å². The summed E-state index contributed by atoms with van der Waals surface area (Å²) < 4.78 is 0. The zero-order valence-corrected chi connectivity index (χ0v) is 7.97. The van der Waals surface area contributed by atoms with Crippen molar-refractivity contribution in [1.29, 1.82) is 0 Å². The number of pyridine rings is 1. The number of rotatable bonds is 3. The molecule has 0 unspecified atom stereocenters. The first-order valence-electron chi connectivity index (χ1n) is 3.76. The molecule has 4 nitrogen and oxygen atoms in total. The second-order valence-electron chi connectivity index (χ2n) is 2.36. The zero-order valence-electron chi connectivity index (χ0n) is 7.15. The Bertz CT molecular complexity index is 328. The smallest absolute Gasteiger partial charge is 0.338 e. The fourth-order valence-corrected chi connectivity index (χ4v) is 1.58. The summed E-state index contributed by atoms with van der Waals surface area (Å²) in [7, 11) is 0. The van der Waals surface area contributed by atoms with Gasteiger partial charge >= 0.3 is 5.97 Å². The van der Waals surface area contributed by atoms with Gasteiger partial charge in [-0.15, -0.1) is 11.8 Å². The molecule has 1 aromatic rings. The molecule has 0 aliphatic rings. The Kier molecular flexibility index (Phi) is 3.13. The van der Waals surface area contributed by atoms with Crippen LogP contribution in [0.25, 0.3) is 0 Å². The number of nitrogens with zero attached hydrogens (tertiary/aromatic N) is 1. The van der Waals surface area contributed by atoms with Crippen LogP contribution in [0.4, 0.5) is 5.69 Å². The molecule has 0 amide bonds. The van der Waals surface area contributed by atoms with E-state index >= 15 is 0 Å². The van der Waals surface area contributed by atoms with E-state index in [2.05, 4.69) is 4.98 Å². The molecule has 1 heterocycles. The summed E-state index contributed by atoms with van der Waals surface area (Å²) in [6.07, 6.45) is 1.46. The second-order valence-corrected chi connectivity index (χ2v) is 3.61. The van der Waals surface area contributed by atoms with Crippen LogP contribution in [0.2, 0.25) is 0 Å². The summed E-state index contributed by atoms with van der Waals surface area (Å²) in [6, 6.07) is 1.42. The second kappa shape index (κ2) is 4.13. The number of carbonyl (C=O) groups is 1. The van der Waals surface area contributed by atoms with Crippen molar-refractivity contribution in [3.8, 4) is 0 Å². The molecule has 1 aromatic heterocycles. The van der Waals surface area contributed by atoms with E-state index in [9.17, 15) is 4.79 Å². The van der Waals surface area contributed by atoms with Gasteiger partial charge in [0.25, 0.3) is 0 Å². The van der Waals surface area contributed by atoms with Crippen molar-refractivity contribution in [2.45, 2.75) is 11.9 Å². The molecule has 0 atom stereocenters. The van der Waals surface area contributed by atoms with Gasteiger partial charge in [-0.1, -0.05) is 6.92 Å². The fourth-order valence-electron chi connectivity index (χ4n) is 0.873. The Hall–Kier alpha value is -1.23. The Morgan fingerprint density at radius 2 is 2.46 bits per heavy atom. The molecule has 70 valence electrons. The molecule has 0 fully saturated rings. The highest BCUT2D eigenvalue weighted by Gasteiger charge is 2.11. The third-order valence-corrected chi connectivity index (χ3v) is 2.27. The first kappa shape index (κ1) is 9.85. The summed E-state index contributed by atoms with van der Waals surface area (Å²) >= 11 is 1.39. The average Bonchev–Trinajstić information content (AvgIpc) is 2.08. The predicted molar refractivity (Wildman–Crippen MR) is 52.0 cm³/mol. The van der Waals surface area contributed by atoms with Crippen molar-refractivity contribution in [3.63, 3.8) is 0 Å². The molecule has 0 aromatic carbocycles. The van der Waals surface area contributed by atoms with Crippen LogP contribution in [0.5, 0.6) is 0 Å². The van der Waals surface area contributed by atoms with Crippen LogP contribution in [0.3, 0.4) is 0 Å². The highest BCUT2D eigenvalue weighted by molar-refractivity contribution is 7.99. The molecule has 0 saturated carbocycles. The molecule has 5 heteroatoms. The maximum atomic E-state index is 10.7. The number of aromatic nitrogens is 1. The topological polar surface area (TPSA) is 76.2 Å². The molecule has 0 bridgehead atoms. The third-order valence-electron chi connectivity index (χ3n) is 1.38. The van der Waals surface area contributed by atoms with Crippen LogP contribution in [0.1, 0.15) is 17.3 Å². The minimum Gasteiger partial charge on any atom is -0.478 e. The minimum atomic E-state index is -0.990. The van der Waals surface area contributed by atoms with Gasteiger partial charge in [0.2, 0.25) is 0 Å². The maximum Gasteiger partial charge on any atom is 0.338 e. The number of thioether (sulfide) groups is 1. The quantitative estimate of drug-likeness (QED) is 0.719. The standard InChI is InChI=1S/C8H10N2O2S/c1-2-13-7-6(8(11)12)3-5(9)4-10-7/h3-4H,2,9H2,1H3,(H,11,12). The van der Waals surface area contributed by atoms with E-state index in [0.717, 1.165) is 5.75 Å². The molecule has 3 N–H and O–H groups in total. The number of hydrogen-bond acceptors (Lipinski definition) is 4. The zero-order chi connectivity index (χ0) is 9.84. The number of nitrogens with two attached hydrogens (primary N) is 1. The minimum absolute atomic E-state index is 0.173. The average molecular weight is 198 g/mol. The summed E-state index contributed by atoms with van der Waals surface area (Å²) in [6.45, 7) is 1.94. The number of hydrogen-bond donors (Lipinski definition) is 2. The lowest BCUT2D eigenvalue weighted by Gasteiger charge is -2.03. The van der Waals surface area contributed by atoms with Gasteiger partial charge in [-0.3, -0.25) is 0 Å². The summed E-state index contributed by atoms with van der Waals surface area (Å²) in [5, 5.41) is 9.33. The summed E-state index contributed by atoms with van der Waals surface area (Å²) in [5.74, 6) is -0.201. The van der Waals surface area contributed by atoms with Gasteiger partial charge in [-0.05, 0) is 11.8 Å². The lowest BCUT2D eigenvalue weighted by molar-refractivity contribution is 0.0692. The van der Waals surface area contributed by atoms with Crippen LogP contribution in [0.15, 0.2) is 17.3 Å². The molecular weight excluding hydrogens is 188 g/mol. The number of anilines is 1. The van der Waals surface area contributed by atoms with Crippen LogP contribution in [0, 0.1) is 0 Å². The van der Waals surface area contributed by atoms with Crippen molar-refractivity contribution in [2.75, 3.05) is 11.5 Å². The molecule has 0 spiro atoms. The molecule has 0 aliphatic heterocycles. The SMILES string of the molecule is CCSc1ncc(N)cc1C(=O)O. The van der Waals surface area contributed by atoms with E-state index in [1.54, 1.807) is 0 Å². The molecule has 0 radical (unpaired) electrons. The van der Waals surface area contributed by atoms with Crippen molar-refractivity contribution in [1.82, 2.24) is 4.98 Å². The fraction of sp³-hybridized carbons (Fsp3) is 0.250. The number of carboxylic acid groups (broad SMARTS) is 1. The highest BCUT2D eigenvalue weighted by Crippen LogP contribution is 2.21. The summed E-state index contributed by atoms with van der Waals surface area (Å²) in [5.41, 5.74) is 5.97. The first-order valence-corrected chi connectivity index (χ1v) is 4.75. The largest absolute Gasteiger partial charge is 0.478 e. The van der Waals surface area contributed by atoms with Crippen molar-refractivity contribution < 1.29 is 9.90 Å². The van der Waals surface area contributed by atoms with Gasteiger partial charge in [0.15, 0.2) is 0 Å². The molecule has 13 heavy (non-hydrogen) atoms. The summed E-state index contributed by atoms with van der Waals surface area (Å²) in [4.78, 5) is 14.7. The Morgan fingerprint density at radius 3 is 3.00 bits per heavy atom. The highest BCUT2D eigenvalue weighted by atomic mass is 32.2. The van der Waals surface area contributed by atoms with E-state index in [1.807, 2.05) is 6.92 Å². The van der Waals surface area contributed by atoms with Gasteiger partial charge in [0.05, 0.1) is 17.4 Å². The third kappa shape index (κ3) is 2.35. The molecule has 0 aliphatic carbocycles. The van der Waals surface area contributed by atoms with E-state index < -0.39 is 5.97 Å². The van der Waals surface area contributed by atoms with E-state index in [1.165, 1.54) is 24.0 Å². The van der Waals surface area contributed by atoms with Crippen molar-refractivity contribution in [2.24, 2.45) is 0 Å². The Balaban J connectivity index is 3.10. The van der Waals surface area contributed by atoms with E-state index in [-0.39, 0.29) is 5.56 Å². The van der Waals surface area contributed by atoms with Crippen LogP contribution >= 0.6 is 11.8 Å². The Morgan fingerprint density at radius 1 is 1.77 bits per heavy atom. The van der Waals surface area contributed by atoms with Gasteiger partial charge in [-0.2, -0.15) is 0 Å². The van der Waals surface area contributed by atoms with Gasteiger partial charge < -0.3 is 10.8 Å². The van der Waals surface area contributed by atoms with Gasteiger partial charge in [0.1, 0.15) is 5.03 Å². The molecular formula is C8H10N2O2S.